The highest BCUT2D eigenvalue weighted by molar-refractivity contribution is 7.54. The predicted octanol–water partition coefficient (Wildman–Crippen LogP) is 4.99. The van der Waals surface area contributed by atoms with Gasteiger partial charge >= 0.3 is 7.60 Å². The van der Waals surface area contributed by atoms with E-state index in [0.29, 0.717) is 5.70 Å². The van der Waals surface area contributed by atoms with Gasteiger partial charge in [0.2, 0.25) is 0 Å². The number of allylic oxidation sites excluding steroid dienone is 2. The smallest absolute Gasteiger partial charge is 0.309 e. The summed E-state index contributed by atoms with van der Waals surface area (Å²) in [7, 11) is -3.30. The van der Waals surface area contributed by atoms with Crippen molar-refractivity contribution < 1.29 is 13.6 Å². The van der Waals surface area contributed by atoms with E-state index in [2.05, 4.69) is 10.0 Å². The zero-order valence-electron chi connectivity index (χ0n) is 12.5. The van der Waals surface area contributed by atoms with Crippen molar-refractivity contribution in [1.29, 1.82) is 0 Å². The molecule has 1 aromatic rings. The summed E-state index contributed by atoms with van der Waals surface area (Å²) in [6, 6.07) is 9.47. The molecule has 1 rings (SSSR count). The highest BCUT2D eigenvalue weighted by Gasteiger charge is 2.26. The lowest BCUT2D eigenvalue weighted by molar-refractivity contribution is 0.222. The number of hydrogen-bond acceptors (Lipinski definition) is 4. The summed E-state index contributed by atoms with van der Waals surface area (Å²) in [6.07, 6.45) is -0.0422. The van der Waals surface area contributed by atoms with E-state index in [1.807, 2.05) is 37.3 Å². The van der Waals surface area contributed by atoms with Crippen LogP contribution in [-0.2, 0) is 13.6 Å². The van der Waals surface area contributed by atoms with Crippen LogP contribution in [0.5, 0.6) is 0 Å². The predicted molar refractivity (Wildman–Crippen MR) is 83.9 cm³/mol. The Kier molecular flexibility index (Phi) is 7.20. The summed E-state index contributed by atoms with van der Waals surface area (Å²) in [4.78, 5) is 2.82. The zero-order chi connectivity index (χ0) is 15.7. The summed E-state index contributed by atoms with van der Waals surface area (Å²) in [5, 5.41) is 3.68. The number of nitrogens with zero attached hydrogens (tertiary/aromatic N) is 3. The van der Waals surface area contributed by atoms with Crippen LogP contribution in [0.25, 0.3) is 16.0 Å². The minimum atomic E-state index is -3.30. The van der Waals surface area contributed by atoms with Crippen molar-refractivity contribution in [2.24, 2.45) is 5.11 Å². The van der Waals surface area contributed by atoms with E-state index in [-0.39, 0.29) is 19.4 Å². The van der Waals surface area contributed by atoms with E-state index in [0.717, 1.165) is 11.1 Å². The van der Waals surface area contributed by atoms with Crippen LogP contribution in [-0.4, -0.2) is 19.4 Å². The van der Waals surface area contributed by atoms with Gasteiger partial charge in [-0.1, -0.05) is 35.4 Å². The Morgan fingerprint density at radius 3 is 2.29 bits per heavy atom. The second kappa shape index (κ2) is 8.65. The first kappa shape index (κ1) is 17.5. The molecule has 7 heteroatoms. The van der Waals surface area contributed by atoms with Crippen LogP contribution in [0.4, 0.5) is 0 Å². The Morgan fingerprint density at radius 2 is 1.81 bits per heavy atom. The molecule has 0 N–H and O–H groups in total. The van der Waals surface area contributed by atoms with E-state index >= 15 is 0 Å². The van der Waals surface area contributed by atoms with Gasteiger partial charge in [-0.15, -0.1) is 0 Å². The Morgan fingerprint density at radius 1 is 1.24 bits per heavy atom. The lowest BCUT2D eigenvalue weighted by atomic mass is 10.1. The summed E-state index contributed by atoms with van der Waals surface area (Å²) in [5.74, 6) is 0. The van der Waals surface area contributed by atoms with E-state index < -0.39 is 7.60 Å². The van der Waals surface area contributed by atoms with Crippen molar-refractivity contribution in [3.8, 4) is 0 Å². The number of benzene rings is 1. The van der Waals surface area contributed by atoms with Crippen molar-refractivity contribution in [2.45, 2.75) is 20.8 Å². The van der Waals surface area contributed by atoms with Gasteiger partial charge < -0.3 is 9.05 Å². The van der Waals surface area contributed by atoms with Gasteiger partial charge in [0, 0.05) is 10.6 Å². The first-order valence-corrected chi connectivity index (χ1v) is 8.47. The lowest BCUT2D eigenvalue weighted by Gasteiger charge is -2.18. The van der Waals surface area contributed by atoms with Crippen LogP contribution in [0.15, 0.2) is 41.1 Å². The standard InChI is InChI=1S/C14H20N3O3P/c1-4-19-21(18,20-5-2)11-14(16-17-15)12(3)13-9-7-6-8-10-13/h6-10H,4-5,11H2,1-3H3/b14-12-. The van der Waals surface area contributed by atoms with Crippen molar-refractivity contribution in [3.63, 3.8) is 0 Å². The summed E-state index contributed by atoms with van der Waals surface area (Å²) in [5.41, 5.74) is 10.8. The zero-order valence-corrected chi connectivity index (χ0v) is 13.4. The van der Waals surface area contributed by atoms with Crippen molar-refractivity contribution in [3.05, 3.63) is 52.0 Å². The van der Waals surface area contributed by atoms with Crippen LogP contribution in [0, 0.1) is 0 Å². The van der Waals surface area contributed by atoms with E-state index in [4.69, 9.17) is 14.6 Å². The van der Waals surface area contributed by atoms with E-state index in [1.165, 1.54) is 0 Å². The third-order valence-electron chi connectivity index (χ3n) is 2.80. The molecule has 0 amide bonds. The molecule has 1 aromatic carbocycles. The van der Waals surface area contributed by atoms with Crippen molar-refractivity contribution in [1.82, 2.24) is 0 Å². The molecule has 0 aliphatic carbocycles. The Labute approximate surface area is 124 Å². The van der Waals surface area contributed by atoms with Gasteiger partial charge in [0.25, 0.3) is 0 Å². The molecule has 21 heavy (non-hydrogen) atoms. The second-order valence-corrected chi connectivity index (χ2v) is 6.29. The van der Waals surface area contributed by atoms with Crippen molar-refractivity contribution in [2.75, 3.05) is 19.4 Å². The molecule has 0 atom stereocenters. The molecule has 6 nitrogen and oxygen atoms in total. The Hall–Kier alpha value is -1.58. The fourth-order valence-corrected chi connectivity index (χ4v) is 3.55. The van der Waals surface area contributed by atoms with Gasteiger partial charge in [-0.25, -0.2) is 0 Å². The first-order chi connectivity index (χ1) is 10.1. The van der Waals surface area contributed by atoms with Gasteiger partial charge in [-0.05, 0) is 37.4 Å². The summed E-state index contributed by atoms with van der Waals surface area (Å²) >= 11 is 0. The molecule has 0 radical (unpaired) electrons. The minimum Gasteiger partial charge on any atom is -0.309 e. The molecule has 0 unspecified atom stereocenters. The SMILES string of the molecule is CCOP(=O)(C/C(N=[N+]=[N-])=C(\C)c1ccccc1)OCC. The quantitative estimate of drug-likeness (QED) is 0.293. The molecule has 0 spiro atoms. The molecular formula is C14H20N3O3P. The number of azide groups is 1. The minimum absolute atomic E-state index is 0.0422. The van der Waals surface area contributed by atoms with Gasteiger partial charge in [0.15, 0.2) is 0 Å². The third kappa shape index (κ3) is 5.37. The number of rotatable bonds is 8. The summed E-state index contributed by atoms with van der Waals surface area (Å²) in [6.45, 7) is 5.84. The number of hydrogen-bond donors (Lipinski definition) is 0. The van der Waals surface area contributed by atoms with Crippen LogP contribution in [0.1, 0.15) is 26.3 Å². The van der Waals surface area contributed by atoms with Gasteiger partial charge in [-0.3, -0.25) is 4.57 Å². The highest BCUT2D eigenvalue weighted by Crippen LogP contribution is 2.50. The van der Waals surface area contributed by atoms with E-state index in [9.17, 15) is 4.57 Å². The molecule has 114 valence electrons. The maximum Gasteiger partial charge on any atom is 0.334 e. The largest absolute Gasteiger partial charge is 0.334 e. The average Bonchev–Trinajstić information content (AvgIpc) is 2.47. The maximum absolute atomic E-state index is 12.6. The first-order valence-electron chi connectivity index (χ1n) is 6.74. The molecular weight excluding hydrogens is 289 g/mol. The molecule has 0 bridgehead atoms. The highest BCUT2D eigenvalue weighted by atomic mass is 31.2. The molecule has 0 fully saturated rings. The topological polar surface area (TPSA) is 84.3 Å². The second-order valence-electron chi connectivity index (χ2n) is 4.23. The molecule has 0 aliphatic heterocycles. The third-order valence-corrected chi connectivity index (χ3v) is 4.79. The monoisotopic (exact) mass is 309 g/mol. The normalized spacial score (nSPS) is 12.5. The average molecular weight is 309 g/mol. The van der Waals surface area contributed by atoms with Gasteiger partial charge in [-0.2, -0.15) is 0 Å². The van der Waals surface area contributed by atoms with Crippen LogP contribution in [0.2, 0.25) is 0 Å². The lowest BCUT2D eigenvalue weighted by Crippen LogP contribution is -2.03. The molecule has 0 saturated heterocycles. The summed E-state index contributed by atoms with van der Waals surface area (Å²) < 4.78 is 23.1. The molecule has 0 aromatic heterocycles. The van der Waals surface area contributed by atoms with Crippen LogP contribution in [0.3, 0.4) is 0 Å². The molecule has 0 heterocycles. The fraction of sp³-hybridized carbons (Fsp3) is 0.429. The Balaban J connectivity index is 3.17. The maximum atomic E-state index is 12.6. The molecule has 0 saturated carbocycles. The van der Waals surface area contributed by atoms with Gasteiger partial charge in [0.1, 0.15) is 0 Å². The van der Waals surface area contributed by atoms with E-state index in [1.54, 1.807) is 13.8 Å². The fourth-order valence-electron chi connectivity index (χ4n) is 1.84. The Bertz CT molecular complexity index is 570. The van der Waals surface area contributed by atoms with Crippen LogP contribution >= 0.6 is 7.60 Å². The molecule has 0 aliphatic rings. The van der Waals surface area contributed by atoms with Crippen molar-refractivity contribution >= 4 is 13.2 Å². The van der Waals surface area contributed by atoms with Gasteiger partial charge in [0.05, 0.1) is 19.4 Å². The van der Waals surface area contributed by atoms with Crippen LogP contribution < -0.4 is 0 Å².